The maximum absolute atomic E-state index is 13.1. The molecule has 1 aromatic rings. The van der Waals surface area contributed by atoms with Crippen molar-refractivity contribution >= 4 is 88.0 Å². The number of β-lactam (4-membered cyclic amide) rings is 1. The number of aliphatic carboxylic acids is 1. The number of fused-ring (bicyclic) bond motifs is 1. The highest BCUT2D eigenvalue weighted by Gasteiger charge is 2.55. The fourth-order valence-corrected chi connectivity index (χ4v) is 6.01. The summed E-state index contributed by atoms with van der Waals surface area (Å²) in [5, 5.41) is 15.8. The second-order valence-electron chi connectivity index (χ2n) is 7.29. The van der Waals surface area contributed by atoms with E-state index in [0.717, 1.165) is 11.3 Å². The third-order valence-electron chi connectivity index (χ3n) is 4.78. The normalized spacial score (nSPS) is 19.1. The van der Waals surface area contributed by atoms with Gasteiger partial charge >= 0.3 is 18.1 Å². The summed E-state index contributed by atoms with van der Waals surface area (Å²) in [6, 6.07) is -1.05. The summed E-state index contributed by atoms with van der Waals surface area (Å²) in [6.45, 7) is 2.17. The van der Waals surface area contributed by atoms with E-state index in [1.54, 1.807) is 13.2 Å². The summed E-state index contributed by atoms with van der Waals surface area (Å²) in [5.41, 5.74) is 5.25. The van der Waals surface area contributed by atoms with Crippen molar-refractivity contribution in [3.05, 3.63) is 21.7 Å². The number of carbonyl (C=O) groups is 5. The number of carboxylic acid groups (broad SMARTS) is 1. The Balaban J connectivity index is 0.00000533. The molecule has 0 radical (unpaired) electrons. The number of oxime groups is 1. The van der Waals surface area contributed by atoms with Crippen molar-refractivity contribution in [2.24, 2.45) is 5.16 Å². The smallest absolute Gasteiger partial charge is 0.479 e. The molecule has 0 saturated carbocycles. The highest BCUT2D eigenvalue weighted by Crippen LogP contribution is 2.43. The second kappa shape index (κ2) is 14.2. The number of esters is 1. The van der Waals surface area contributed by atoms with E-state index < -0.39 is 54.2 Å². The van der Waals surface area contributed by atoms with E-state index >= 15 is 0 Å². The van der Waals surface area contributed by atoms with E-state index in [0.29, 0.717) is 10.7 Å². The monoisotopic (exact) mass is 625 g/mol. The van der Waals surface area contributed by atoms with Gasteiger partial charge in [-0.3, -0.25) is 14.5 Å². The van der Waals surface area contributed by atoms with Gasteiger partial charge < -0.3 is 35.2 Å². The van der Waals surface area contributed by atoms with Gasteiger partial charge in [0.15, 0.2) is 10.8 Å². The van der Waals surface area contributed by atoms with Crippen LogP contribution in [-0.2, 0) is 38.2 Å². The number of nitrogens with two attached hydrogens (primary N) is 1. The summed E-state index contributed by atoms with van der Waals surface area (Å²) in [6.07, 6.45) is -0.573. The third-order valence-corrected chi connectivity index (χ3v) is 7.75. The first-order valence-electron chi connectivity index (χ1n) is 10.8. The van der Waals surface area contributed by atoms with Gasteiger partial charge in [-0.25, -0.2) is 19.4 Å². The van der Waals surface area contributed by atoms with Crippen molar-refractivity contribution in [3.63, 3.8) is 0 Å². The van der Waals surface area contributed by atoms with E-state index in [4.69, 9.17) is 25.2 Å². The minimum absolute atomic E-state index is 0. The van der Waals surface area contributed by atoms with Crippen molar-refractivity contribution in [3.8, 4) is 0 Å². The number of hydrogen-bond donors (Lipinski definition) is 3. The van der Waals surface area contributed by atoms with Crippen LogP contribution in [0.4, 0.5) is 9.93 Å². The summed E-state index contributed by atoms with van der Waals surface area (Å²) in [5.74, 6) is -3.33. The summed E-state index contributed by atoms with van der Waals surface area (Å²) >= 11 is 3.57. The van der Waals surface area contributed by atoms with Gasteiger partial charge in [0.1, 0.15) is 22.8 Å². The number of carbonyl (C=O) groups excluding carboxylic acids is 4. The number of thioether (sulfide) groups is 2. The molecule has 19 heteroatoms. The van der Waals surface area contributed by atoms with Crippen LogP contribution in [-0.4, -0.2) is 93.5 Å². The zero-order chi connectivity index (χ0) is 28.0. The average molecular weight is 626 g/mol. The van der Waals surface area contributed by atoms with Gasteiger partial charge in [0.25, 0.3) is 11.8 Å². The van der Waals surface area contributed by atoms with Gasteiger partial charge in [0.2, 0.25) is 12.9 Å². The Bertz CT molecular complexity index is 1190. The first kappa shape index (κ1) is 32.0. The molecule has 3 atom stereocenters. The first-order valence-corrected chi connectivity index (χ1v) is 13.9. The molecule has 39 heavy (non-hydrogen) atoms. The topological polar surface area (TPSA) is 209 Å². The number of hydrogen-bond acceptors (Lipinski definition) is 15. The summed E-state index contributed by atoms with van der Waals surface area (Å²) in [7, 11) is 0. The Hall–Kier alpha value is -3.22. The predicted octanol–water partition coefficient (Wildman–Crippen LogP) is 0.989. The lowest BCUT2D eigenvalue weighted by Gasteiger charge is -2.49. The van der Waals surface area contributed by atoms with Crippen molar-refractivity contribution in [1.82, 2.24) is 15.2 Å². The molecule has 4 N–H and O–H groups in total. The lowest BCUT2D eigenvalue weighted by Crippen LogP contribution is -2.71. The number of rotatable bonds is 11. The van der Waals surface area contributed by atoms with Gasteiger partial charge in [0.05, 0.1) is 6.61 Å². The molecule has 0 bridgehead atoms. The van der Waals surface area contributed by atoms with Crippen LogP contribution in [0.5, 0.6) is 0 Å². The highest BCUT2D eigenvalue weighted by atomic mass is 35.5. The lowest BCUT2D eigenvalue weighted by molar-refractivity contribution is -0.168. The number of aromatic nitrogens is 1. The number of ether oxygens (including phenoxy) is 3. The van der Waals surface area contributed by atoms with Gasteiger partial charge in [-0.05, 0) is 13.2 Å². The first-order chi connectivity index (χ1) is 18.1. The van der Waals surface area contributed by atoms with E-state index in [1.165, 1.54) is 40.7 Å². The second-order valence-corrected chi connectivity index (χ2v) is 10.2. The quantitative estimate of drug-likeness (QED) is 0.103. The molecule has 0 aliphatic carbocycles. The van der Waals surface area contributed by atoms with Crippen molar-refractivity contribution in [2.75, 3.05) is 31.0 Å². The molecule has 0 aromatic carbocycles. The number of nitrogens with one attached hydrogen (secondary N) is 1. The maximum atomic E-state index is 13.1. The van der Waals surface area contributed by atoms with E-state index in [9.17, 15) is 24.0 Å². The zero-order valence-corrected chi connectivity index (χ0v) is 23.9. The Kier molecular flexibility index (Phi) is 11.7. The molecule has 2 unspecified atom stereocenters. The van der Waals surface area contributed by atoms with Crippen LogP contribution in [0.15, 0.2) is 21.1 Å². The Labute approximate surface area is 240 Å². The van der Waals surface area contributed by atoms with Gasteiger partial charge in [-0.2, -0.15) is 0 Å². The fourth-order valence-electron chi connectivity index (χ4n) is 3.22. The number of carboxylic acids is 1. The van der Waals surface area contributed by atoms with Crippen LogP contribution in [0.2, 0.25) is 0 Å². The molecular formula is C20H24ClN5O10S3. The minimum Gasteiger partial charge on any atom is -0.479 e. The van der Waals surface area contributed by atoms with Crippen molar-refractivity contribution < 1.29 is 48.1 Å². The number of nitrogen functional groups attached to an aromatic ring is 1. The van der Waals surface area contributed by atoms with E-state index in [2.05, 4.69) is 20.2 Å². The zero-order valence-electron chi connectivity index (χ0n) is 20.6. The molecule has 0 spiro atoms. The Morgan fingerprint density at radius 1 is 1.36 bits per heavy atom. The number of halogens is 1. The predicted molar refractivity (Wildman–Crippen MR) is 143 cm³/mol. The third kappa shape index (κ3) is 7.68. The molecule has 2 aliphatic rings. The van der Waals surface area contributed by atoms with E-state index in [1.807, 2.05) is 0 Å². The van der Waals surface area contributed by atoms with Crippen LogP contribution in [0.1, 0.15) is 19.5 Å². The average Bonchev–Trinajstić information content (AvgIpc) is 3.29. The van der Waals surface area contributed by atoms with Crippen molar-refractivity contribution in [1.29, 1.82) is 0 Å². The number of nitrogens with zero attached hydrogens (tertiary/aromatic N) is 3. The molecule has 1 fully saturated rings. The molecule has 3 heterocycles. The van der Waals surface area contributed by atoms with Crippen LogP contribution < -0.4 is 11.1 Å². The summed E-state index contributed by atoms with van der Waals surface area (Å²) < 4.78 is 14.7. The number of amides is 2. The van der Waals surface area contributed by atoms with Crippen LogP contribution >= 0.6 is 47.3 Å². The van der Waals surface area contributed by atoms with Crippen molar-refractivity contribution in [2.45, 2.75) is 31.6 Å². The Morgan fingerprint density at radius 3 is 2.67 bits per heavy atom. The van der Waals surface area contributed by atoms with Gasteiger partial charge in [0, 0.05) is 23.0 Å². The largest absolute Gasteiger partial charge is 0.511 e. The van der Waals surface area contributed by atoms with E-state index in [-0.39, 0.29) is 41.2 Å². The summed E-state index contributed by atoms with van der Waals surface area (Å²) in [4.78, 5) is 71.7. The highest BCUT2D eigenvalue weighted by molar-refractivity contribution is 8.05. The van der Waals surface area contributed by atoms with Crippen LogP contribution in [0, 0.1) is 0 Å². The molecule has 1 saturated heterocycles. The molecule has 2 aliphatic heterocycles. The molecule has 15 nitrogen and oxygen atoms in total. The van der Waals surface area contributed by atoms with Gasteiger partial charge in [-0.15, -0.1) is 47.3 Å². The molecule has 3 rings (SSSR count). The maximum Gasteiger partial charge on any atom is 0.511 e. The fraction of sp³-hybridized carbons (Fsp3) is 0.450. The Morgan fingerprint density at radius 2 is 2.08 bits per heavy atom. The van der Waals surface area contributed by atoms with Crippen LogP contribution in [0.25, 0.3) is 0 Å². The number of thiazole rings is 1. The molecule has 1 aromatic heterocycles. The minimum atomic E-state index is -1.31. The lowest BCUT2D eigenvalue weighted by atomic mass is 10.0. The van der Waals surface area contributed by atoms with Gasteiger partial charge in [-0.1, -0.05) is 5.16 Å². The molecular weight excluding hydrogens is 602 g/mol. The standard InChI is InChI=1S/C20H23N5O10S3.ClH/c1-4-32-20(31)35-8(2)34-18(30)14-10(36-3)7-37-17-13(16(29)25(14)17)23-15(28)12(24-33-5-11(26)27)9-6-38-19(21)22-9;/h6,8,13,17H,4-5,7H2,1-3H3,(H2,21,22)(H,23,28)(H,26,27);1H/t8?,13?,17-;/m0./s1. The SMILES string of the molecule is CCOC(=O)OC(C)OC(=O)C1=C(SC)CS[C@H]2C(NC(=O)C(=NOCC(=O)O)c3csc(N)n3)C(=O)N12.Cl. The number of anilines is 1. The molecule has 2 amide bonds. The molecule has 214 valence electrons. The van der Waals surface area contributed by atoms with Crippen LogP contribution in [0.3, 0.4) is 0 Å².